The number of halogens is 1. The third kappa shape index (κ3) is 3.26. The summed E-state index contributed by atoms with van der Waals surface area (Å²) in [5, 5.41) is 3.03. The monoisotopic (exact) mass is 261 g/mol. The maximum Gasteiger partial charge on any atom is 0.322 e. The van der Waals surface area contributed by atoms with Crippen LogP contribution >= 0.6 is 0 Å². The first kappa shape index (κ1) is 13.4. The summed E-state index contributed by atoms with van der Waals surface area (Å²) in [6.45, 7) is 4.42. The molecule has 1 aromatic carbocycles. The Kier molecular flexibility index (Phi) is 4.06. The van der Waals surface area contributed by atoms with E-state index in [4.69, 9.17) is 4.74 Å². The van der Waals surface area contributed by atoms with E-state index in [2.05, 4.69) is 15.3 Å². The summed E-state index contributed by atoms with van der Waals surface area (Å²) in [4.78, 5) is 8.30. The number of benzene rings is 1. The molecule has 19 heavy (non-hydrogen) atoms. The minimum Gasteiger partial charge on any atom is -0.421 e. The van der Waals surface area contributed by atoms with E-state index in [1.807, 2.05) is 20.9 Å². The van der Waals surface area contributed by atoms with Gasteiger partial charge >= 0.3 is 6.01 Å². The largest absolute Gasteiger partial charge is 0.421 e. The maximum absolute atomic E-state index is 13.6. The third-order valence-corrected chi connectivity index (χ3v) is 2.71. The number of aryl methyl sites for hydroxylation is 2. The molecule has 0 aliphatic heterocycles. The van der Waals surface area contributed by atoms with Crippen molar-refractivity contribution in [1.29, 1.82) is 0 Å². The molecule has 5 heteroatoms. The molecular weight excluding hydrogens is 245 g/mol. The van der Waals surface area contributed by atoms with Gasteiger partial charge in [0.15, 0.2) is 11.6 Å². The molecule has 0 spiro atoms. The SMILES string of the molecule is CNCc1cnc(Oc2cc(C)ccc2F)nc1C. The first-order chi connectivity index (χ1) is 9.10. The van der Waals surface area contributed by atoms with Crippen LogP contribution in [0, 0.1) is 19.7 Å². The molecule has 0 atom stereocenters. The Bertz CT molecular complexity index is 587. The lowest BCUT2D eigenvalue weighted by molar-refractivity contribution is 0.408. The summed E-state index contributed by atoms with van der Waals surface area (Å²) in [6.07, 6.45) is 1.68. The number of nitrogens with one attached hydrogen (secondary N) is 1. The highest BCUT2D eigenvalue weighted by molar-refractivity contribution is 5.31. The zero-order valence-electron chi connectivity index (χ0n) is 11.2. The fourth-order valence-electron chi connectivity index (χ4n) is 1.67. The van der Waals surface area contributed by atoms with E-state index < -0.39 is 5.82 Å². The minimum absolute atomic E-state index is 0.140. The van der Waals surface area contributed by atoms with Crippen molar-refractivity contribution in [2.45, 2.75) is 20.4 Å². The Morgan fingerprint density at radius 1 is 1.32 bits per heavy atom. The van der Waals surface area contributed by atoms with Crippen LogP contribution in [0.3, 0.4) is 0 Å². The molecular formula is C14H16FN3O. The van der Waals surface area contributed by atoms with Crippen LogP contribution in [0.25, 0.3) is 0 Å². The normalized spacial score (nSPS) is 10.5. The van der Waals surface area contributed by atoms with Crippen molar-refractivity contribution in [1.82, 2.24) is 15.3 Å². The van der Waals surface area contributed by atoms with Crippen LogP contribution < -0.4 is 10.1 Å². The highest BCUT2D eigenvalue weighted by Crippen LogP contribution is 2.23. The Hall–Kier alpha value is -2.01. The molecule has 0 saturated heterocycles. The lowest BCUT2D eigenvalue weighted by Gasteiger charge is -2.08. The minimum atomic E-state index is -0.425. The van der Waals surface area contributed by atoms with Crippen LogP contribution in [-0.2, 0) is 6.54 Å². The Morgan fingerprint density at radius 3 is 2.79 bits per heavy atom. The molecule has 0 radical (unpaired) electrons. The van der Waals surface area contributed by atoms with E-state index in [-0.39, 0.29) is 11.8 Å². The number of rotatable bonds is 4. The van der Waals surface area contributed by atoms with Gasteiger partial charge in [-0.15, -0.1) is 0 Å². The quantitative estimate of drug-likeness (QED) is 0.919. The van der Waals surface area contributed by atoms with E-state index in [0.29, 0.717) is 6.54 Å². The van der Waals surface area contributed by atoms with E-state index >= 15 is 0 Å². The molecule has 100 valence electrons. The van der Waals surface area contributed by atoms with Crippen molar-refractivity contribution in [3.05, 3.63) is 47.0 Å². The molecule has 1 heterocycles. The second-order valence-corrected chi connectivity index (χ2v) is 4.33. The smallest absolute Gasteiger partial charge is 0.322 e. The van der Waals surface area contributed by atoms with Crippen molar-refractivity contribution < 1.29 is 9.13 Å². The second-order valence-electron chi connectivity index (χ2n) is 4.33. The number of aromatic nitrogens is 2. The number of ether oxygens (including phenoxy) is 1. The van der Waals surface area contributed by atoms with Crippen molar-refractivity contribution in [2.24, 2.45) is 0 Å². The van der Waals surface area contributed by atoms with Gasteiger partial charge in [-0.25, -0.2) is 9.37 Å². The van der Waals surface area contributed by atoms with Crippen LogP contribution in [0.1, 0.15) is 16.8 Å². The molecule has 0 unspecified atom stereocenters. The topological polar surface area (TPSA) is 47.0 Å². The van der Waals surface area contributed by atoms with Gasteiger partial charge in [0.1, 0.15) is 0 Å². The van der Waals surface area contributed by atoms with E-state index in [9.17, 15) is 4.39 Å². The predicted octanol–water partition coefficient (Wildman–Crippen LogP) is 2.74. The van der Waals surface area contributed by atoms with Gasteiger partial charge < -0.3 is 10.1 Å². The predicted molar refractivity (Wildman–Crippen MR) is 70.7 cm³/mol. The molecule has 0 aliphatic rings. The van der Waals surface area contributed by atoms with Crippen LogP contribution in [0.15, 0.2) is 24.4 Å². The highest BCUT2D eigenvalue weighted by atomic mass is 19.1. The summed E-state index contributed by atoms with van der Waals surface area (Å²) in [6, 6.07) is 4.83. The second kappa shape index (κ2) is 5.75. The van der Waals surface area contributed by atoms with Crippen LogP contribution in [0.4, 0.5) is 4.39 Å². The van der Waals surface area contributed by atoms with Crippen molar-refractivity contribution >= 4 is 0 Å². The third-order valence-electron chi connectivity index (χ3n) is 2.71. The fourth-order valence-corrected chi connectivity index (χ4v) is 1.67. The van der Waals surface area contributed by atoms with E-state index in [1.165, 1.54) is 6.07 Å². The summed E-state index contributed by atoms with van der Waals surface area (Å²) in [5.74, 6) is -0.285. The molecule has 4 nitrogen and oxygen atoms in total. The summed E-state index contributed by atoms with van der Waals surface area (Å²) < 4.78 is 19.0. The van der Waals surface area contributed by atoms with Gasteiger partial charge in [-0.05, 0) is 38.6 Å². The molecule has 1 aromatic heterocycles. The van der Waals surface area contributed by atoms with Gasteiger partial charge in [-0.1, -0.05) is 6.07 Å². The molecule has 2 rings (SSSR count). The molecule has 1 N–H and O–H groups in total. The Balaban J connectivity index is 2.24. The lowest BCUT2D eigenvalue weighted by Crippen LogP contribution is -2.08. The zero-order chi connectivity index (χ0) is 13.8. The summed E-state index contributed by atoms with van der Waals surface area (Å²) in [7, 11) is 1.85. The highest BCUT2D eigenvalue weighted by Gasteiger charge is 2.08. The van der Waals surface area contributed by atoms with E-state index in [1.54, 1.807) is 18.3 Å². The van der Waals surface area contributed by atoms with Gasteiger partial charge in [0, 0.05) is 24.0 Å². The van der Waals surface area contributed by atoms with Gasteiger partial charge in [0.25, 0.3) is 0 Å². The molecule has 2 aromatic rings. The molecule has 0 saturated carbocycles. The van der Waals surface area contributed by atoms with E-state index in [0.717, 1.165) is 16.8 Å². The van der Waals surface area contributed by atoms with Gasteiger partial charge in [0.2, 0.25) is 0 Å². The van der Waals surface area contributed by atoms with Crippen LogP contribution in [0.2, 0.25) is 0 Å². The van der Waals surface area contributed by atoms with Gasteiger partial charge in [-0.2, -0.15) is 4.98 Å². The molecule has 0 amide bonds. The molecule has 0 bridgehead atoms. The van der Waals surface area contributed by atoms with Crippen LogP contribution in [-0.4, -0.2) is 17.0 Å². The standard InChI is InChI=1S/C14H16FN3O/c1-9-4-5-12(15)13(6-9)19-14-17-8-11(7-16-3)10(2)18-14/h4-6,8,16H,7H2,1-3H3. The zero-order valence-corrected chi connectivity index (χ0v) is 11.2. The Morgan fingerprint density at radius 2 is 2.11 bits per heavy atom. The first-order valence-electron chi connectivity index (χ1n) is 6.01. The lowest BCUT2D eigenvalue weighted by atomic mass is 10.2. The molecule has 0 fully saturated rings. The summed E-state index contributed by atoms with van der Waals surface area (Å²) in [5.41, 5.74) is 2.71. The number of hydrogen-bond donors (Lipinski definition) is 1. The summed E-state index contributed by atoms with van der Waals surface area (Å²) >= 11 is 0. The Labute approximate surface area is 111 Å². The average Bonchev–Trinajstić information content (AvgIpc) is 2.37. The number of hydrogen-bond acceptors (Lipinski definition) is 4. The van der Waals surface area contributed by atoms with Crippen LogP contribution in [0.5, 0.6) is 11.8 Å². The maximum atomic E-state index is 13.6. The van der Waals surface area contributed by atoms with Gasteiger partial charge in [-0.3, -0.25) is 0 Å². The average molecular weight is 261 g/mol. The fraction of sp³-hybridized carbons (Fsp3) is 0.286. The van der Waals surface area contributed by atoms with Crippen molar-refractivity contribution in [2.75, 3.05) is 7.05 Å². The van der Waals surface area contributed by atoms with Crippen molar-refractivity contribution in [3.8, 4) is 11.8 Å². The molecule has 0 aliphatic carbocycles. The number of nitrogens with zero attached hydrogens (tertiary/aromatic N) is 2. The first-order valence-corrected chi connectivity index (χ1v) is 6.01. The van der Waals surface area contributed by atoms with Gasteiger partial charge in [0.05, 0.1) is 0 Å². The van der Waals surface area contributed by atoms with Crippen molar-refractivity contribution in [3.63, 3.8) is 0 Å².